The van der Waals surface area contributed by atoms with Gasteiger partial charge in [-0.15, -0.1) is 0 Å². The molecule has 0 fully saturated rings. The monoisotopic (exact) mass is 310 g/mol. The molecule has 0 amide bonds. The van der Waals surface area contributed by atoms with Crippen molar-refractivity contribution in [1.29, 1.82) is 0 Å². The smallest absolute Gasteiger partial charge is 0.192 e. The molecule has 1 aromatic carbocycles. The van der Waals surface area contributed by atoms with Crippen molar-refractivity contribution in [2.75, 3.05) is 20.4 Å². The Kier molecular flexibility index (Phi) is 6.22. The van der Waals surface area contributed by atoms with Crippen LogP contribution in [0, 0.1) is 5.92 Å². The number of benzene rings is 1. The molecule has 4 heteroatoms. The lowest BCUT2D eigenvalue weighted by molar-refractivity contribution is 0.107. The van der Waals surface area contributed by atoms with Gasteiger partial charge in [-0.2, -0.15) is 0 Å². The van der Waals surface area contributed by atoms with Crippen molar-refractivity contribution in [3.63, 3.8) is 0 Å². The third-order valence-electron chi connectivity index (χ3n) is 3.24. The van der Waals surface area contributed by atoms with E-state index < -0.39 is 7.92 Å². The highest BCUT2D eigenvalue weighted by molar-refractivity contribution is 7.76. The van der Waals surface area contributed by atoms with Crippen molar-refractivity contribution in [3.8, 4) is 11.5 Å². The summed E-state index contributed by atoms with van der Waals surface area (Å²) < 4.78 is 10.8. The Balaban J connectivity index is 3.32. The molecule has 0 saturated heterocycles. The molecule has 1 aromatic rings. The van der Waals surface area contributed by atoms with E-state index in [4.69, 9.17) is 9.47 Å². The summed E-state index contributed by atoms with van der Waals surface area (Å²) in [5.41, 5.74) is 0.754. The zero-order chi connectivity index (χ0) is 16.2. The van der Waals surface area contributed by atoms with E-state index in [1.807, 2.05) is 18.2 Å². The lowest BCUT2D eigenvalue weighted by Gasteiger charge is -2.32. The van der Waals surface area contributed by atoms with Crippen LogP contribution in [0.25, 0.3) is 0 Å². The van der Waals surface area contributed by atoms with Gasteiger partial charge in [0, 0.05) is 0 Å². The van der Waals surface area contributed by atoms with Gasteiger partial charge in [-0.1, -0.05) is 40.7 Å². The number of ether oxygens (including phenoxy) is 2. The predicted octanol–water partition coefficient (Wildman–Crippen LogP) is 4.78. The zero-order valence-corrected chi connectivity index (χ0v) is 15.1. The molecule has 1 unspecified atom stereocenters. The average molecular weight is 310 g/mol. The molecular formula is C17H27O3P. The highest BCUT2D eigenvalue weighted by atomic mass is 31.1. The summed E-state index contributed by atoms with van der Waals surface area (Å²) >= 11 is 0. The van der Waals surface area contributed by atoms with Gasteiger partial charge in [-0.25, -0.2) is 0 Å². The summed E-state index contributed by atoms with van der Waals surface area (Å²) in [6.07, 6.45) is 0.916. The fourth-order valence-electron chi connectivity index (χ4n) is 2.22. The molecule has 21 heavy (non-hydrogen) atoms. The largest absolute Gasteiger partial charge is 0.496 e. The summed E-state index contributed by atoms with van der Waals surface area (Å²) in [6, 6.07) is 5.48. The molecule has 0 spiro atoms. The van der Waals surface area contributed by atoms with Gasteiger partial charge < -0.3 is 9.47 Å². The van der Waals surface area contributed by atoms with Crippen LogP contribution in [-0.2, 0) is 0 Å². The lowest BCUT2D eigenvalue weighted by Crippen LogP contribution is -2.21. The van der Waals surface area contributed by atoms with Gasteiger partial charge in [0.25, 0.3) is 0 Å². The minimum Gasteiger partial charge on any atom is -0.496 e. The van der Waals surface area contributed by atoms with Gasteiger partial charge in [0.05, 0.1) is 14.2 Å². The number of methoxy groups -OCH3 is 2. The molecule has 0 radical (unpaired) electrons. The third kappa shape index (κ3) is 4.44. The fourth-order valence-corrected chi connectivity index (χ4v) is 4.77. The second-order valence-electron chi connectivity index (χ2n) is 6.52. The minimum atomic E-state index is -0.821. The number of carbonyl (C=O) groups is 1. The molecule has 0 aliphatic carbocycles. The van der Waals surface area contributed by atoms with Crippen LogP contribution in [-0.4, -0.2) is 31.1 Å². The Labute approximate surface area is 129 Å². The van der Waals surface area contributed by atoms with Crippen LogP contribution < -0.4 is 9.47 Å². The van der Waals surface area contributed by atoms with Crippen LogP contribution in [0.4, 0.5) is 0 Å². The standard InChI is InChI=1S/C17H27O3P/c1-12(2)11-21(17(3,4)5)16(18)15-13(19-6)9-8-10-14(15)20-7/h8-10,12H,11H2,1-7H3. The van der Waals surface area contributed by atoms with E-state index in [0.717, 1.165) is 6.16 Å². The Hall–Kier alpha value is -1.08. The molecule has 1 atom stereocenters. The van der Waals surface area contributed by atoms with Gasteiger partial charge in [0.1, 0.15) is 17.1 Å². The van der Waals surface area contributed by atoms with Crippen molar-refractivity contribution >= 4 is 13.4 Å². The van der Waals surface area contributed by atoms with Crippen molar-refractivity contribution in [1.82, 2.24) is 0 Å². The molecule has 0 saturated carbocycles. The Morgan fingerprint density at radius 1 is 1.14 bits per heavy atom. The molecule has 3 nitrogen and oxygen atoms in total. The highest BCUT2D eigenvalue weighted by Crippen LogP contribution is 2.55. The topological polar surface area (TPSA) is 35.5 Å². The van der Waals surface area contributed by atoms with Crippen LogP contribution in [0.15, 0.2) is 18.2 Å². The van der Waals surface area contributed by atoms with Crippen molar-refractivity contribution in [2.45, 2.75) is 39.8 Å². The quantitative estimate of drug-likeness (QED) is 0.709. The van der Waals surface area contributed by atoms with E-state index in [1.54, 1.807) is 14.2 Å². The summed E-state index contributed by atoms with van der Waals surface area (Å²) in [5, 5.41) is -0.0391. The normalized spacial score (nSPS) is 13.1. The Morgan fingerprint density at radius 2 is 1.62 bits per heavy atom. The first-order valence-corrected chi connectivity index (χ1v) is 8.78. The van der Waals surface area contributed by atoms with E-state index in [1.165, 1.54) is 0 Å². The van der Waals surface area contributed by atoms with E-state index in [9.17, 15) is 4.79 Å². The first kappa shape index (κ1) is 18.0. The molecule has 1 rings (SSSR count). The summed E-state index contributed by atoms with van der Waals surface area (Å²) in [6.45, 7) is 10.7. The average Bonchev–Trinajstić information content (AvgIpc) is 2.41. The number of hydrogen-bond donors (Lipinski definition) is 0. The summed E-state index contributed by atoms with van der Waals surface area (Å²) in [7, 11) is 2.36. The maximum absolute atomic E-state index is 13.2. The zero-order valence-electron chi connectivity index (χ0n) is 14.2. The summed E-state index contributed by atoms with van der Waals surface area (Å²) in [5.74, 6) is 1.68. The Morgan fingerprint density at radius 3 is 1.95 bits per heavy atom. The van der Waals surface area contributed by atoms with E-state index >= 15 is 0 Å². The molecule has 0 aliphatic rings. The second kappa shape index (κ2) is 7.26. The number of rotatable bonds is 6. The van der Waals surface area contributed by atoms with Gasteiger partial charge >= 0.3 is 0 Å². The van der Waals surface area contributed by atoms with Crippen molar-refractivity contribution < 1.29 is 14.3 Å². The second-order valence-corrected chi connectivity index (χ2v) is 9.49. The summed E-state index contributed by atoms with van der Waals surface area (Å²) in [4.78, 5) is 13.2. The predicted molar refractivity (Wildman–Crippen MR) is 90.3 cm³/mol. The van der Waals surface area contributed by atoms with Crippen LogP contribution in [0.1, 0.15) is 45.0 Å². The van der Waals surface area contributed by atoms with Gasteiger partial charge in [0.2, 0.25) is 0 Å². The molecule has 0 aliphatic heterocycles. The molecule has 118 valence electrons. The molecular weight excluding hydrogens is 283 g/mol. The fraction of sp³-hybridized carbons (Fsp3) is 0.588. The van der Waals surface area contributed by atoms with Crippen LogP contribution >= 0.6 is 7.92 Å². The van der Waals surface area contributed by atoms with Crippen molar-refractivity contribution in [3.05, 3.63) is 23.8 Å². The van der Waals surface area contributed by atoms with E-state index in [-0.39, 0.29) is 10.7 Å². The van der Waals surface area contributed by atoms with E-state index in [2.05, 4.69) is 34.6 Å². The maximum Gasteiger partial charge on any atom is 0.192 e. The first-order chi connectivity index (χ1) is 9.72. The van der Waals surface area contributed by atoms with Crippen LogP contribution in [0.2, 0.25) is 0 Å². The molecule has 0 heterocycles. The van der Waals surface area contributed by atoms with Gasteiger partial charge in [-0.05, 0) is 37.3 Å². The lowest BCUT2D eigenvalue weighted by atomic mass is 10.2. The molecule has 0 bridgehead atoms. The minimum absolute atomic E-state index is 0.0391. The molecule has 0 aromatic heterocycles. The highest BCUT2D eigenvalue weighted by Gasteiger charge is 2.34. The van der Waals surface area contributed by atoms with E-state index in [0.29, 0.717) is 23.0 Å². The van der Waals surface area contributed by atoms with Crippen LogP contribution in [0.3, 0.4) is 0 Å². The van der Waals surface area contributed by atoms with Gasteiger partial charge in [-0.3, -0.25) is 4.79 Å². The molecule has 0 N–H and O–H groups in total. The maximum atomic E-state index is 13.2. The van der Waals surface area contributed by atoms with Crippen molar-refractivity contribution in [2.24, 2.45) is 5.92 Å². The van der Waals surface area contributed by atoms with Crippen LogP contribution in [0.5, 0.6) is 11.5 Å². The first-order valence-electron chi connectivity index (χ1n) is 7.25. The van der Waals surface area contributed by atoms with Gasteiger partial charge in [0.15, 0.2) is 5.52 Å². The SMILES string of the molecule is COc1cccc(OC)c1C(=O)P(CC(C)C)C(C)(C)C. The number of carbonyl (C=O) groups excluding carboxylic acids is 1. The Bertz CT molecular complexity index is 467. The third-order valence-corrected chi connectivity index (χ3v) is 6.67. The number of hydrogen-bond acceptors (Lipinski definition) is 3.